The Labute approximate surface area is 54.1 Å². The Kier molecular flexibility index (Phi) is 4.64. The maximum atomic E-state index is 10.2. The summed E-state index contributed by atoms with van der Waals surface area (Å²) in [4.78, 5) is 0. The fourth-order valence-electron chi connectivity index (χ4n) is 0.109. The number of halogens is 1. The predicted molar refractivity (Wildman–Crippen MR) is 37.8 cm³/mol. The molecule has 0 radical (unpaired) electrons. The number of rotatable bonds is 2. The van der Waals surface area contributed by atoms with Gasteiger partial charge in [-0.3, -0.25) is 4.21 Å². The number of alkyl halides is 1. The van der Waals surface area contributed by atoms with Crippen molar-refractivity contribution >= 4 is 33.4 Å². The first-order valence-electron chi connectivity index (χ1n) is 1.63. The summed E-state index contributed by atoms with van der Waals surface area (Å²) in [7, 11) is -0.573. The lowest BCUT2D eigenvalue weighted by atomic mass is 11.0. The standard InChI is InChI=1S/C3H7IOS/c1-6(5)3-2-4/h2-3H2,1H3. The van der Waals surface area contributed by atoms with Gasteiger partial charge < -0.3 is 0 Å². The molecule has 0 fully saturated rings. The lowest BCUT2D eigenvalue weighted by Gasteiger charge is -1.81. The molecule has 0 N–H and O–H groups in total. The Bertz CT molecular complexity index is 54.8. The molecule has 0 aliphatic rings. The first-order chi connectivity index (χ1) is 2.77. The Morgan fingerprint density at radius 3 is 2.33 bits per heavy atom. The fourth-order valence-corrected chi connectivity index (χ4v) is 2.19. The van der Waals surface area contributed by atoms with E-state index in [9.17, 15) is 4.21 Å². The van der Waals surface area contributed by atoms with Crippen LogP contribution in [0.3, 0.4) is 0 Å². The van der Waals surface area contributed by atoms with Gasteiger partial charge >= 0.3 is 0 Å². The summed E-state index contributed by atoms with van der Waals surface area (Å²) < 4.78 is 11.2. The molecule has 0 saturated carbocycles. The zero-order valence-corrected chi connectivity index (χ0v) is 6.58. The fraction of sp³-hybridized carbons (Fsp3) is 1.00. The van der Waals surface area contributed by atoms with Crippen molar-refractivity contribution in [2.24, 2.45) is 0 Å². The summed E-state index contributed by atoms with van der Waals surface area (Å²) in [5.74, 6) is 0.834. The minimum atomic E-state index is -0.573. The summed E-state index contributed by atoms with van der Waals surface area (Å²) in [6.07, 6.45) is 1.72. The van der Waals surface area contributed by atoms with Crippen molar-refractivity contribution < 1.29 is 4.21 Å². The quantitative estimate of drug-likeness (QED) is 0.495. The molecule has 0 saturated heterocycles. The van der Waals surface area contributed by atoms with Crippen LogP contribution in [-0.4, -0.2) is 20.6 Å². The molecule has 0 rings (SSSR count). The van der Waals surface area contributed by atoms with E-state index in [-0.39, 0.29) is 0 Å². The molecule has 0 heterocycles. The molecule has 1 nitrogen and oxygen atoms in total. The van der Waals surface area contributed by atoms with Gasteiger partial charge in [-0.15, -0.1) is 0 Å². The molecule has 0 aromatic carbocycles. The van der Waals surface area contributed by atoms with Gasteiger partial charge in [0.15, 0.2) is 0 Å². The second-order valence-electron chi connectivity index (χ2n) is 0.966. The van der Waals surface area contributed by atoms with Gasteiger partial charge in [-0.2, -0.15) is 0 Å². The van der Waals surface area contributed by atoms with Crippen molar-refractivity contribution in [2.45, 2.75) is 0 Å². The summed E-state index contributed by atoms with van der Waals surface area (Å²) in [6, 6.07) is 0. The van der Waals surface area contributed by atoms with Crippen LogP contribution in [0, 0.1) is 0 Å². The van der Waals surface area contributed by atoms with E-state index in [1.54, 1.807) is 6.26 Å². The normalized spacial score (nSPS) is 14.3. The summed E-state index contributed by atoms with van der Waals surface area (Å²) in [6.45, 7) is 0. The summed E-state index contributed by atoms with van der Waals surface area (Å²) in [5.41, 5.74) is 0. The summed E-state index contributed by atoms with van der Waals surface area (Å²) >= 11 is 2.21. The average Bonchev–Trinajstić information content (AvgIpc) is 1.35. The largest absolute Gasteiger partial charge is 0.260 e. The van der Waals surface area contributed by atoms with Crippen LogP contribution in [0.4, 0.5) is 0 Å². The van der Waals surface area contributed by atoms with E-state index in [4.69, 9.17) is 0 Å². The van der Waals surface area contributed by atoms with E-state index in [1.165, 1.54) is 0 Å². The molecule has 0 aromatic rings. The Balaban J connectivity index is 2.83. The number of hydrogen-bond acceptors (Lipinski definition) is 1. The monoisotopic (exact) mass is 218 g/mol. The van der Waals surface area contributed by atoms with E-state index < -0.39 is 10.8 Å². The van der Waals surface area contributed by atoms with Gasteiger partial charge in [-0.25, -0.2) is 0 Å². The number of hydrogen-bond donors (Lipinski definition) is 0. The van der Waals surface area contributed by atoms with Gasteiger partial charge in [0, 0.05) is 27.2 Å². The van der Waals surface area contributed by atoms with Crippen molar-refractivity contribution in [3.8, 4) is 0 Å². The van der Waals surface area contributed by atoms with Crippen LogP contribution in [0.5, 0.6) is 0 Å². The third-order valence-electron chi connectivity index (χ3n) is 0.365. The molecule has 3 heteroatoms. The molecular formula is C3H7IOS. The second kappa shape index (κ2) is 4.05. The van der Waals surface area contributed by atoms with Crippen LogP contribution < -0.4 is 0 Å². The smallest absolute Gasteiger partial charge is 0.0321 e. The second-order valence-corrected chi connectivity index (χ2v) is 3.60. The van der Waals surface area contributed by atoms with Gasteiger partial charge in [0.05, 0.1) is 0 Å². The zero-order valence-electron chi connectivity index (χ0n) is 3.61. The Morgan fingerprint density at radius 2 is 2.33 bits per heavy atom. The first-order valence-corrected chi connectivity index (χ1v) is 4.88. The van der Waals surface area contributed by atoms with Crippen LogP contribution in [0.1, 0.15) is 0 Å². The Hall–Kier alpha value is 0.880. The molecule has 0 aliphatic carbocycles. The average molecular weight is 218 g/mol. The van der Waals surface area contributed by atoms with Gasteiger partial charge in [0.2, 0.25) is 0 Å². The van der Waals surface area contributed by atoms with Gasteiger partial charge in [-0.1, -0.05) is 22.6 Å². The van der Waals surface area contributed by atoms with E-state index in [1.807, 2.05) is 0 Å². The van der Waals surface area contributed by atoms with E-state index in [2.05, 4.69) is 22.6 Å². The maximum Gasteiger partial charge on any atom is 0.0321 e. The minimum absolute atomic E-state index is 0.573. The van der Waals surface area contributed by atoms with Crippen LogP contribution in [0.15, 0.2) is 0 Å². The zero-order chi connectivity index (χ0) is 4.99. The van der Waals surface area contributed by atoms with Crippen LogP contribution in [0.2, 0.25) is 0 Å². The van der Waals surface area contributed by atoms with Gasteiger partial charge in [0.25, 0.3) is 0 Å². The Morgan fingerprint density at radius 1 is 1.83 bits per heavy atom. The maximum absolute atomic E-state index is 10.2. The molecule has 0 aromatic heterocycles. The molecule has 0 amide bonds. The molecule has 0 spiro atoms. The van der Waals surface area contributed by atoms with Gasteiger partial charge in [-0.05, 0) is 0 Å². The third kappa shape index (κ3) is 4.88. The van der Waals surface area contributed by atoms with Crippen molar-refractivity contribution in [2.75, 3.05) is 16.4 Å². The molecule has 0 aliphatic heterocycles. The highest BCUT2D eigenvalue weighted by molar-refractivity contribution is 14.1. The highest BCUT2D eigenvalue weighted by Crippen LogP contribution is 1.81. The molecule has 38 valence electrons. The topological polar surface area (TPSA) is 17.1 Å². The highest BCUT2D eigenvalue weighted by atomic mass is 127. The lowest BCUT2D eigenvalue weighted by Crippen LogP contribution is -1.92. The van der Waals surface area contributed by atoms with E-state index in [0.717, 1.165) is 10.2 Å². The van der Waals surface area contributed by atoms with Crippen LogP contribution in [0.25, 0.3) is 0 Å². The molecule has 0 bridgehead atoms. The molecule has 6 heavy (non-hydrogen) atoms. The summed E-state index contributed by atoms with van der Waals surface area (Å²) in [5, 5.41) is 0. The first kappa shape index (κ1) is 6.88. The van der Waals surface area contributed by atoms with Crippen molar-refractivity contribution in [3.63, 3.8) is 0 Å². The van der Waals surface area contributed by atoms with Crippen molar-refractivity contribution in [3.05, 3.63) is 0 Å². The molecule has 1 atom stereocenters. The van der Waals surface area contributed by atoms with Crippen LogP contribution >= 0.6 is 22.6 Å². The van der Waals surface area contributed by atoms with Crippen LogP contribution in [-0.2, 0) is 10.8 Å². The minimum Gasteiger partial charge on any atom is -0.260 e. The van der Waals surface area contributed by atoms with E-state index in [0.29, 0.717) is 0 Å². The molecular weight excluding hydrogens is 211 g/mol. The van der Waals surface area contributed by atoms with E-state index >= 15 is 0 Å². The third-order valence-corrected chi connectivity index (χ3v) is 2.42. The predicted octanol–water partition coefficient (Wildman–Crippen LogP) is 0.800. The highest BCUT2D eigenvalue weighted by Gasteiger charge is 1.82. The van der Waals surface area contributed by atoms with Gasteiger partial charge in [0.1, 0.15) is 0 Å². The van der Waals surface area contributed by atoms with Crippen molar-refractivity contribution in [1.29, 1.82) is 0 Å². The SMILES string of the molecule is CS(=O)CCI. The molecule has 1 unspecified atom stereocenters. The van der Waals surface area contributed by atoms with Crippen molar-refractivity contribution in [1.82, 2.24) is 0 Å². The lowest BCUT2D eigenvalue weighted by molar-refractivity contribution is 0.688.